The number of hydrogen-bond donors (Lipinski definition) is 0. The highest BCUT2D eigenvalue weighted by Crippen LogP contribution is 2.47. The highest BCUT2D eigenvalue weighted by Gasteiger charge is 2.42. The largest absolute Gasteiger partial charge is 0.491 e. The van der Waals surface area contributed by atoms with Crippen molar-refractivity contribution in [1.82, 2.24) is 4.90 Å². The molecule has 0 aromatic heterocycles. The fourth-order valence-electron chi connectivity index (χ4n) is 5.96. The number of aldehydes is 1. The minimum atomic E-state index is -0.183. The minimum absolute atomic E-state index is 0.127. The standard InChI is InChI=1S/C32H42BrNO4/c1-4-23(21-37-30-18-25(22(3)20-35)17-27(33)19-30)9-10-28(5-2)38-29-11-13-34(14-12-29)32(36)31-8-6-7-24-15-26(31)16-24/h4-5,9-10,17-20,22,24,26,29,31H,6-8,11-16,21H2,1-3H3/b10-9-,23-4+,28-5+. The second-order valence-electron chi connectivity index (χ2n) is 11.1. The van der Waals surface area contributed by atoms with E-state index in [1.807, 2.05) is 63.3 Å². The van der Waals surface area contributed by atoms with Crippen molar-refractivity contribution < 1.29 is 19.1 Å². The van der Waals surface area contributed by atoms with Gasteiger partial charge in [-0.3, -0.25) is 4.79 Å². The smallest absolute Gasteiger partial charge is 0.225 e. The van der Waals surface area contributed by atoms with Crippen molar-refractivity contribution in [3.8, 4) is 5.75 Å². The van der Waals surface area contributed by atoms with Crippen LogP contribution in [0.25, 0.3) is 0 Å². The molecule has 1 amide bonds. The molecule has 4 fully saturated rings. The summed E-state index contributed by atoms with van der Waals surface area (Å²) < 4.78 is 13.2. The molecule has 206 valence electrons. The number of halogens is 1. The van der Waals surface area contributed by atoms with E-state index in [0.29, 0.717) is 18.4 Å². The van der Waals surface area contributed by atoms with Crippen LogP contribution in [0.15, 0.2) is 58.3 Å². The average Bonchev–Trinajstić information content (AvgIpc) is 3.26. The molecular formula is C32H42BrNO4. The molecule has 2 unspecified atom stereocenters. The Bertz CT molecular complexity index is 1060. The first-order valence-corrected chi connectivity index (χ1v) is 15.0. The zero-order valence-corrected chi connectivity index (χ0v) is 24.6. The lowest BCUT2D eigenvalue weighted by atomic mass is 9.69. The predicted molar refractivity (Wildman–Crippen MR) is 155 cm³/mol. The number of rotatable bonds is 10. The number of likely N-dealkylation sites (tertiary alicyclic amines) is 1. The van der Waals surface area contributed by atoms with E-state index in [0.717, 1.165) is 71.7 Å². The number of ether oxygens (including phenoxy) is 2. The molecule has 6 heteroatoms. The van der Waals surface area contributed by atoms with E-state index in [2.05, 4.69) is 20.8 Å². The number of hydrogen-bond acceptors (Lipinski definition) is 4. The predicted octanol–water partition coefficient (Wildman–Crippen LogP) is 7.37. The molecule has 1 aromatic rings. The Morgan fingerprint density at radius 2 is 1.84 bits per heavy atom. The highest BCUT2D eigenvalue weighted by molar-refractivity contribution is 9.10. The summed E-state index contributed by atoms with van der Waals surface area (Å²) in [7, 11) is 0. The number of piperidine rings is 1. The van der Waals surface area contributed by atoms with Crippen LogP contribution in [0.5, 0.6) is 5.75 Å². The number of benzene rings is 1. The van der Waals surface area contributed by atoms with Gasteiger partial charge < -0.3 is 19.2 Å². The summed E-state index contributed by atoms with van der Waals surface area (Å²) >= 11 is 3.51. The van der Waals surface area contributed by atoms with Crippen LogP contribution in [0, 0.1) is 17.8 Å². The Kier molecular flexibility index (Phi) is 10.3. The van der Waals surface area contributed by atoms with Gasteiger partial charge in [0.2, 0.25) is 5.91 Å². The van der Waals surface area contributed by atoms with Crippen molar-refractivity contribution in [2.75, 3.05) is 19.7 Å². The average molecular weight is 585 g/mol. The number of fused-ring (bicyclic) bond motifs is 3. The number of allylic oxidation sites excluding steroid dienone is 3. The van der Waals surface area contributed by atoms with Gasteiger partial charge in [-0.15, -0.1) is 0 Å². The second kappa shape index (κ2) is 13.6. The lowest BCUT2D eigenvalue weighted by Crippen LogP contribution is -2.46. The molecule has 5 nitrogen and oxygen atoms in total. The number of carbonyl (C=O) groups is 2. The lowest BCUT2D eigenvalue weighted by molar-refractivity contribution is -0.141. The fourth-order valence-corrected chi connectivity index (χ4v) is 6.45. The first-order valence-electron chi connectivity index (χ1n) is 14.2. The molecule has 1 heterocycles. The third-order valence-corrected chi connectivity index (χ3v) is 8.95. The molecule has 1 saturated heterocycles. The Morgan fingerprint density at radius 1 is 1.08 bits per heavy atom. The summed E-state index contributed by atoms with van der Waals surface area (Å²) in [5.74, 6) is 3.57. The van der Waals surface area contributed by atoms with Gasteiger partial charge in [0.25, 0.3) is 0 Å². The van der Waals surface area contributed by atoms with Gasteiger partial charge in [0.05, 0.1) is 0 Å². The van der Waals surface area contributed by atoms with Gasteiger partial charge in [0.1, 0.15) is 30.5 Å². The first-order chi connectivity index (χ1) is 18.4. The van der Waals surface area contributed by atoms with E-state index in [1.165, 1.54) is 25.7 Å². The van der Waals surface area contributed by atoms with Gasteiger partial charge in [-0.05, 0) is 86.4 Å². The van der Waals surface area contributed by atoms with Crippen molar-refractivity contribution in [2.45, 2.75) is 77.7 Å². The summed E-state index contributed by atoms with van der Waals surface area (Å²) in [4.78, 5) is 26.5. The first kappa shape index (κ1) is 28.7. The van der Waals surface area contributed by atoms with Crippen molar-refractivity contribution in [3.63, 3.8) is 0 Å². The molecule has 0 N–H and O–H groups in total. The molecular weight excluding hydrogens is 542 g/mol. The minimum Gasteiger partial charge on any atom is -0.491 e. The molecule has 38 heavy (non-hydrogen) atoms. The fraction of sp³-hybridized carbons (Fsp3) is 0.562. The Morgan fingerprint density at radius 3 is 2.53 bits per heavy atom. The molecule has 3 saturated carbocycles. The number of amides is 1. The van der Waals surface area contributed by atoms with Crippen LogP contribution in [-0.2, 0) is 14.3 Å². The van der Waals surface area contributed by atoms with E-state index in [1.54, 1.807) is 0 Å². The maximum Gasteiger partial charge on any atom is 0.225 e. The van der Waals surface area contributed by atoms with E-state index in [4.69, 9.17) is 9.47 Å². The Balaban J connectivity index is 1.25. The van der Waals surface area contributed by atoms with Crippen LogP contribution < -0.4 is 4.74 Å². The highest BCUT2D eigenvalue weighted by atomic mass is 79.9. The molecule has 0 spiro atoms. The summed E-state index contributed by atoms with van der Waals surface area (Å²) in [6.07, 6.45) is 17.0. The maximum absolute atomic E-state index is 13.2. The van der Waals surface area contributed by atoms with Gasteiger partial charge >= 0.3 is 0 Å². The van der Waals surface area contributed by atoms with Gasteiger partial charge in [-0.2, -0.15) is 0 Å². The van der Waals surface area contributed by atoms with E-state index >= 15 is 0 Å². The van der Waals surface area contributed by atoms with Crippen LogP contribution >= 0.6 is 15.9 Å². The number of carbonyl (C=O) groups excluding carboxylic acids is 2. The molecule has 2 atom stereocenters. The molecule has 1 aromatic carbocycles. The summed E-state index contributed by atoms with van der Waals surface area (Å²) in [5, 5.41) is 0. The lowest BCUT2D eigenvalue weighted by Gasteiger charge is -2.40. The summed E-state index contributed by atoms with van der Waals surface area (Å²) in [6.45, 7) is 7.85. The summed E-state index contributed by atoms with van der Waals surface area (Å²) in [6, 6.07) is 5.77. The van der Waals surface area contributed by atoms with E-state index < -0.39 is 0 Å². The quantitative estimate of drug-likeness (QED) is 0.164. The second-order valence-corrected chi connectivity index (χ2v) is 12.0. The van der Waals surface area contributed by atoms with Gasteiger partial charge in [-0.25, -0.2) is 0 Å². The van der Waals surface area contributed by atoms with Crippen LogP contribution in [0.2, 0.25) is 0 Å². The molecule has 0 radical (unpaired) electrons. The zero-order chi connectivity index (χ0) is 27.1. The van der Waals surface area contributed by atoms with Crippen LogP contribution in [0.3, 0.4) is 0 Å². The SMILES string of the molecule is C\C=C(/C=C\C(=C/C)OC1CCN(C(=O)C2CCCC3CC2C3)CC1)COc1cc(Br)cc(C(C)C=O)c1. The molecule has 1 aliphatic heterocycles. The van der Waals surface area contributed by atoms with Crippen LogP contribution in [0.4, 0.5) is 0 Å². The van der Waals surface area contributed by atoms with Crippen LogP contribution in [-0.4, -0.2) is 42.9 Å². The van der Waals surface area contributed by atoms with E-state index in [9.17, 15) is 9.59 Å². The third-order valence-electron chi connectivity index (χ3n) is 8.49. The molecule has 3 aliphatic carbocycles. The zero-order valence-electron chi connectivity index (χ0n) is 23.0. The Labute approximate surface area is 236 Å². The van der Waals surface area contributed by atoms with Crippen molar-refractivity contribution in [2.24, 2.45) is 17.8 Å². The molecule has 2 bridgehead atoms. The van der Waals surface area contributed by atoms with Crippen molar-refractivity contribution in [1.29, 1.82) is 0 Å². The van der Waals surface area contributed by atoms with Gasteiger partial charge in [0, 0.05) is 42.2 Å². The molecule has 4 aliphatic rings. The van der Waals surface area contributed by atoms with Gasteiger partial charge in [-0.1, -0.05) is 47.8 Å². The normalized spacial score (nSPS) is 25.5. The number of nitrogens with zero attached hydrogens (tertiary/aromatic N) is 1. The maximum atomic E-state index is 13.2. The summed E-state index contributed by atoms with van der Waals surface area (Å²) in [5.41, 5.74) is 1.95. The Hall–Kier alpha value is -2.34. The third kappa shape index (κ3) is 7.40. The monoisotopic (exact) mass is 583 g/mol. The van der Waals surface area contributed by atoms with Crippen molar-refractivity contribution >= 4 is 28.1 Å². The van der Waals surface area contributed by atoms with Gasteiger partial charge in [0.15, 0.2) is 0 Å². The van der Waals surface area contributed by atoms with Crippen LogP contribution in [0.1, 0.15) is 77.2 Å². The topological polar surface area (TPSA) is 55.8 Å². The van der Waals surface area contributed by atoms with E-state index in [-0.39, 0.29) is 17.9 Å². The van der Waals surface area contributed by atoms with Crippen molar-refractivity contribution in [3.05, 3.63) is 63.9 Å². The molecule has 5 rings (SSSR count).